The molecule has 0 aliphatic heterocycles. The number of hydrogen-bond acceptors (Lipinski definition) is 3. The lowest BCUT2D eigenvalue weighted by Crippen LogP contribution is -1.99. The normalized spacial score (nSPS) is 10.4. The smallest absolute Gasteiger partial charge is 0.0645 e. The van der Waals surface area contributed by atoms with Crippen molar-refractivity contribution in [3.05, 3.63) is 65.1 Å². The van der Waals surface area contributed by atoms with Gasteiger partial charge in [-0.2, -0.15) is 16.4 Å². The predicted molar refractivity (Wildman–Crippen MR) is 75.2 cm³/mol. The summed E-state index contributed by atoms with van der Waals surface area (Å²) in [6, 6.07) is 12.4. The first kappa shape index (κ1) is 11.0. The van der Waals surface area contributed by atoms with Crippen molar-refractivity contribution >= 4 is 17.0 Å². The van der Waals surface area contributed by atoms with Gasteiger partial charge in [-0.3, -0.25) is 0 Å². The van der Waals surface area contributed by atoms with Gasteiger partial charge in [0.15, 0.2) is 0 Å². The highest BCUT2D eigenvalue weighted by Gasteiger charge is 1.97. The molecule has 90 valence electrons. The molecule has 0 aliphatic rings. The van der Waals surface area contributed by atoms with E-state index in [1.165, 1.54) is 11.3 Å². The number of thiophene rings is 1. The van der Waals surface area contributed by atoms with Gasteiger partial charge in [0.1, 0.15) is 0 Å². The van der Waals surface area contributed by atoms with Gasteiger partial charge in [0.05, 0.1) is 5.69 Å². The quantitative estimate of drug-likeness (QED) is 0.772. The van der Waals surface area contributed by atoms with Crippen LogP contribution in [0.1, 0.15) is 5.56 Å². The Kier molecular flexibility index (Phi) is 3.10. The molecule has 3 rings (SSSR count). The van der Waals surface area contributed by atoms with Crippen molar-refractivity contribution in [2.45, 2.75) is 6.54 Å². The fourth-order valence-corrected chi connectivity index (χ4v) is 2.37. The summed E-state index contributed by atoms with van der Waals surface area (Å²) in [6.07, 6.45) is 3.73. The zero-order chi connectivity index (χ0) is 12.2. The molecule has 1 aromatic carbocycles. The van der Waals surface area contributed by atoms with Gasteiger partial charge in [-0.1, -0.05) is 12.1 Å². The molecule has 2 heterocycles. The van der Waals surface area contributed by atoms with Crippen LogP contribution < -0.4 is 5.32 Å². The van der Waals surface area contributed by atoms with E-state index in [4.69, 9.17) is 0 Å². The second kappa shape index (κ2) is 5.06. The molecule has 0 aliphatic carbocycles. The fourth-order valence-electron chi connectivity index (χ4n) is 1.76. The number of rotatable bonds is 4. The Bertz CT molecular complexity index is 583. The van der Waals surface area contributed by atoms with Crippen LogP contribution in [0.2, 0.25) is 0 Å². The van der Waals surface area contributed by atoms with Crippen molar-refractivity contribution in [2.75, 3.05) is 5.32 Å². The van der Waals surface area contributed by atoms with Crippen molar-refractivity contribution in [1.82, 2.24) is 9.78 Å². The van der Waals surface area contributed by atoms with Gasteiger partial charge in [-0.15, -0.1) is 0 Å². The van der Waals surface area contributed by atoms with Crippen molar-refractivity contribution in [3.63, 3.8) is 0 Å². The molecule has 2 aromatic heterocycles. The van der Waals surface area contributed by atoms with Gasteiger partial charge < -0.3 is 5.32 Å². The van der Waals surface area contributed by atoms with E-state index in [0.717, 1.165) is 12.2 Å². The first-order valence-electron chi connectivity index (χ1n) is 5.77. The third-order valence-electron chi connectivity index (χ3n) is 2.72. The average molecular weight is 255 g/mol. The van der Waals surface area contributed by atoms with Crippen LogP contribution in [0.4, 0.5) is 5.69 Å². The maximum Gasteiger partial charge on any atom is 0.0645 e. The second-order valence-corrected chi connectivity index (χ2v) is 4.76. The minimum Gasteiger partial charge on any atom is -0.380 e. The van der Waals surface area contributed by atoms with Crippen LogP contribution in [0.15, 0.2) is 59.6 Å². The Morgan fingerprint density at radius 1 is 1.17 bits per heavy atom. The predicted octanol–water partition coefficient (Wildman–Crippen LogP) is 3.55. The van der Waals surface area contributed by atoms with Gasteiger partial charge in [-0.25, -0.2) is 4.68 Å². The van der Waals surface area contributed by atoms with Crippen LogP contribution in [-0.4, -0.2) is 9.78 Å². The standard InChI is InChI=1S/C14H13N3S/c1-7-16-17(8-1)14-4-2-12(3-5-14)10-15-13-6-9-18-11-13/h1-9,11,15H,10H2. The highest BCUT2D eigenvalue weighted by atomic mass is 32.1. The van der Waals surface area contributed by atoms with Gasteiger partial charge in [0.25, 0.3) is 0 Å². The molecule has 0 radical (unpaired) electrons. The number of anilines is 1. The summed E-state index contributed by atoms with van der Waals surface area (Å²) in [6.45, 7) is 0.843. The summed E-state index contributed by atoms with van der Waals surface area (Å²) in [5.41, 5.74) is 3.52. The lowest BCUT2D eigenvalue weighted by molar-refractivity contribution is 0.879. The molecular formula is C14H13N3S. The zero-order valence-corrected chi connectivity index (χ0v) is 10.6. The van der Waals surface area contributed by atoms with E-state index in [1.54, 1.807) is 17.5 Å². The largest absolute Gasteiger partial charge is 0.380 e. The van der Waals surface area contributed by atoms with E-state index in [-0.39, 0.29) is 0 Å². The first-order chi connectivity index (χ1) is 8.92. The molecule has 1 N–H and O–H groups in total. The van der Waals surface area contributed by atoms with Crippen LogP contribution in [0.5, 0.6) is 0 Å². The molecule has 0 amide bonds. The van der Waals surface area contributed by atoms with E-state index in [0.29, 0.717) is 0 Å². The van der Waals surface area contributed by atoms with Crippen molar-refractivity contribution in [3.8, 4) is 5.69 Å². The molecule has 3 aromatic rings. The third-order valence-corrected chi connectivity index (χ3v) is 3.41. The molecule has 0 spiro atoms. The first-order valence-corrected chi connectivity index (χ1v) is 6.71. The minimum absolute atomic E-state index is 0.843. The van der Waals surface area contributed by atoms with E-state index in [2.05, 4.69) is 51.5 Å². The van der Waals surface area contributed by atoms with Crippen molar-refractivity contribution in [1.29, 1.82) is 0 Å². The summed E-state index contributed by atoms with van der Waals surface area (Å²) in [4.78, 5) is 0. The van der Waals surface area contributed by atoms with Gasteiger partial charge in [-0.05, 0) is 35.2 Å². The van der Waals surface area contributed by atoms with E-state index < -0.39 is 0 Å². The molecule has 0 unspecified atom stereocenters. The van der Waals surface area contributed by atoms with Gasteiger partial charge >= 0.3 is 0 Å². The second-order valence-electron chi connectivity index (χ2n) is 3.98. The molecular weight excluding hydrogens is 242 g/mol. The van der Waals surface area contributed by atoms with E-state index in [1.807, 2.05) is 16.9 Å². The fraction of sp³-hybridized carbons (Fsp3) is 0.0714. The third kappa shape index (κ3) is 2.43. The van der Waals surface area contributed by atoms with Crippen LogP contribution in [0.25, 0.3) is 5.69 Å². The number of aromatic nitrogens is 2. The summed E-state index contributed by atoms with van der Waals surface area (Å²) < 4.78 is 1.86. The number of nitrogens with one attached hydrogen (secondary N) is 1. The maximum atomic E-state index is 4.21. The Morgan fingerprint density at radius 2 is 2.06 bits per heavy atom. The lowest BCUT2D eigenvalue weighted by Gasteiger charge is -2.06. The Balaban J connectivity index is 1.68. The SMILES string of the molecule is c1cnn(-c2ccc(CNc3ccsc3)cc2)c1. The van der Waals surface area contributed by atoms with Crippen molar-refractivity contribution in [2.24, 2.45) is 0 Å². The van der Waals surface area contributed by atoms with E-state index in [9.17, 15) is 0 Å². The molecule has 3 nitrogen and oxygen atoms in total. The monoisotopic (exact) mass is 255 g/mol. The summed E-state index contributed by atoms with van der Waals surface area (Å²) in [5, 5.41) is 11.8. The maximum absolute atomic E-state index is 4.21. The minimum atomic E-state index is 0.843. The van der Waals surface area contributed by atoms with Gasteiger partial charge in [0, 0.05) is 30.0 Å². The van der Waals surface area contributed by atoms with Crippen LogP contribution >= 0.6 is 11.3 Å². The number of hydrogen-bond donors (Lipinski definition) is 1. The number of benzene rings is 1. The van der Waals surface area contributed by atoms with E-state index >= 15 is 0 Å². The Labute approximate surface area is 110 Å². The summed E-state index contributed by atoms with van der Waals surface area (Å²) in [5.74, 6) is 0. The van der Waals surface area contributed by atoms with Crippen LogP contribution in [0.3, 0.4) is 0 Å². The summed E-state index contributed by atoms with van der Waals surface area (Å²) >= 11 is 1.70. The topological polar surface area (TPSA) is 29.9 Å². The summed E-state index contributed by atoms with van der Waals surface area (Å²) in [7, 11) is 0. The molecule has 0 atom stereocenters. The number of nitrogens with zero attached hydrogens (tertiary/aromatic N) is 2. The molecule has 0 saturated carbocycles. The molecule has 0 fully saturated rings. The molecule has 4 heteroatoms. The van der Waals surface area contributed by atoms with Crippen molar-refractivity contribution < 1.29 is 0 Å². The Morgan fingerprint density at radius 3 is 2.72 bits per heavy atom. The highest BCUT2D eigenvalue weighted by Crippen LogP contribution is 2.14. The lowest BCUT2D eigenvalue weighted by atomic mass is 10.2. The van der Waals surface area contributed by atoms with Crippen LogP contribution in [0, 0.1) is 0 Å². The highest BCUT2D eigenvalue weighted by molar-refractivity contribution is 7.08. The van der Waals surface area contributed by atoms with Gasteiger partial charge in [0.2, 0.25) is 0 Å². The molecule has 18 heavy (non-hydrogen) atoms. The zero-order valence-electron chi connectivity index (χ0n) is 9.78. The Hall–Kier alpha value is -2.07. The average Bonchev–Trinajstić information content (AvgIpc) is 3.10. The molecule has 0 saturated heterocycles. The molecule has 0 bridgehead atoms. The van der Waals surface area contributed by atoms with Crippen LogP contribution in [-0.2, 0) is 6.54 Å².